The summed E-state index contributed by atoms with van der Waals surface area (Å²) in [6.45, 7) is 3.06. The number of aliphatic hydroxyl groups is 1. The molecular formula is C20H27N3O3. The smallest absolute Gasteiger partial charge is 0.252 e. The van der Waals surface area contributed by atoms with Gasteiger partial charge in [0.05, 0.1) is 6.61 Å². The van der Waals surface area contributed by atoms with Crippen molar-refractivity contribution in [3.8, 4) is 5.88 Å². The normalized spacial score (nSPS) is 15.9. The van der Waals surface area contributed by atoms with E-state index in [1.54, 1.807) is 12.4 Å². The van der Waals surface area contributed by atoms with Gasteiger partial charge in [0, 0.05) is 30.1 Å². The number of H-pyrrole nitrogens is 1. The zero-order chi connectivity index (χ0) is 18.2. The maximum absolute atomic E-state index is 11.8. The van der Waals surface area contributed by atoms with Crippen LogP contribution in [-0.2, 0) is 13.0 Å². The second-order valence-corrected chi connectivity index (χ2v) is 6.82. The van der Waals surface area contributed by atoms with E-state index in [0.717, 1.165) is 56.4 Å². The molecule has 26 heavy (non-hydrogen) atoms. The SMILES string of the molecule is O=c1[nH]cccc1CN1CCC(CCc2cccnc2OCCO)CC1. The summed E-state index contributed by atoms with van der Waals surface area (Å²) in [7, 11) is 0. The quantitative estimate of drug-likeness (QED) is 0.755. The molecule has 6 heteroatoms. The molecule has 1 fully saturated rings. The number of aryl methyl sites for hydroxylation is 1. The van der Waals surface area contributed by atoms with Gasteiger partial charge in [-0.05, 0) is 56.8 Å². The van der Waals surface area contributed by atoms with Gasteiger partial charge in [-0.25, -0.2) is 4.98 Å². The summed E-state index contributed by atoms with van der Waals surface area (Å²) in [5.74, 6) is 1.33. The van der Waals surface area contributed by atoms with Crippen LogP contribution in [0.5, 0.6) is 5.88 Å². The van der Waals surface area contributed by atoms with E-state index < -0.39 is 0 Å². The van der Waals surface area contributed by atoms with Crippen molar-refractivity contribution in [2.75, 3.05) is 26.3 Å². The molecule has 0 aliphatic carbocycles. The third kappa shape index (κ3) is 5.16. The van der Waals surface area contributed by atoms with E-state index in [4.69, 9.17) is 9.84 Å². The fraction of sp³-hybridized carbons (Fsp3) is 0.500. The average molecular weight is 357 g/mol. The number of aromatic nitrogens is 2. The number of hydrogen-bond donors (Lipinski definition) is 2. The molecule has 0 spiro atoms. The van der Waals surface area contributed by atoms with E-state index in [1.807, 2.05) is 18.2 Å². The minimum Gasteiger partial charge on any atom is -0.475 e. The Balaban J connectivity index is 1.46. The maximum atomic E-state index is 11.8. The van der Waals surface area contributed by atoms with E-state index in [9.17, 15) is 4.79 Å². The molecule has 0 bridgehead atoms. The molecular weight excluding hydrogens is 330 g/mol. The van der Waals surface area contributed by atoms with Crippen LogP contribution in [0.4, 0.5) is 0 Å². The van der Waals surface area contributed by atoms with E-state index in [0.29, 0.717) is 11.8 Å². The zero-order valence-corrected chi connectivity index (χ0v) is 15.1. The molecule has 2 N–H and O–H groups in total. The lowest BCUT2D eigenvalue weighted by molar-refractivity contribution is 0.171. The largest absolute Gasteiger partial charge is 0.475 e. The highest BCUT2D eigenvalue weighted by Crippen LogP contribution is 2.25. The number of pyridine rings is 2. The minimum absolute atomic E-state index is 0.00127. The highest BCUT2D eigenvalue weighted by atomic mass is 16.5. The summed E-state index contributed by atoms with van der Waals surface area (Å²) < 4.78 is 5.52. The molecule has 140 valence electrons. The first kappa shape index (κ1) is 18.6. The van der Waals surface area contributed by atoms with E-state index in [-0.39, 0.29) is 18.8 Å². The van der Waals surface area contributed by atoms with Gasteiger partial charge in [0.2, 0.25) is 5.88 Å². The number of hydrogen-bond acceptors (Lipinski definition) is 5. The summed E-state index contributed by atoms with van der Waals surface area (Å²) >= 11 is 0. The van der Waals surface area contributed by atoms with E-state index in [2.05, 4.69) is 20.9 Å². The Labute approximate surface area is 153 Å². The molecule has 0 atom stereocenters. The second kappa shape index (κ2) is 9.50. The third-order valence-corrected chi connectivity index (χ3v) is 5.00. The summed E-state index contributed by atoms with van der Waals surface area (Å²) in [4.78, 5) is 21.2. The van der Waals surface area contributed by atoms with Crippen LogP contribution in [0.25, 0.3) is 0 Å². The zero-order valence-electron chi connectivity index (χ0n) is 15.1. The van der Waals surface area contributed by atoms with Crippen LogP contribution in [0.3, 0.4) is 0 Å². The van der Waals surface area contributed by atoms with Crippen LogP contribution in [-0.4, -0.2) is 46.3 Å². The van der Waals surface area contributed by atoms with Crippen molar-refractivity contribution in [1.29, 1.82) is 0 Å². The highest BCUT2D eigenvalue weighted by Gasteiger charge is 2.20. The predicted octanol–water partition coefficient (Wildman–Crippen LogP) is 1.99. The molecule has 6 nitrogen and oxygen atoms in total. The fourth-order valence-electron chi connectivity index (χ4n) is 3.50. The maximum Gasteiger partial charge on any atom is 0.252 e. The van der Waals surface area contributed by atoms with Crippen molar-refractivity contribution in [3.63, 3.8) is 0 Å². The second-order valence-electron chi connectivity index (χ2n) is 6.82. The van der Waals surface area contributed by atoms with Gasteiger partial charge in [0.25, 0.3) is 5.56 Å². The van der Waals surface area contributed by atoms with Crippen LogP contribution in [0.15, 0.2) is 41.5 Å². The van der Waals surface area contributed by atoms with E-state index in [1.165, 1.54) is 0 Å². The lowest BCUT2D eigenvalue weighted by Gasteiger charge is -2.31. The molecule has 3 rings (SSSR count). The predicted molar refractivity (Wildman–Crippen MR) is 100 cm³/mol. The molecule has 0 amide bonds. The fourth-order valence-corrected chi connectivity index (χ4v) is 3.50. The number of rotatable bonds is 8. The third-order valence-electron chi connectivity index (χ3n) is 5.00. The van der Waals surface area contributed by atoms with Crippen LogP contribution >= 0.6 is 0 Å². The molecule has 0 aromatic carbocycles. The number of nitrogens with zero attached hydrogens (tertiary/aromatic N) is 2. The number of aliphatic hydroxyl groups excluding tert-OH is 1. The lowest BCUT2D eigenvalue weighted by Crippen LogP contribution is -2.35. The van der Waals surface area contributed by atoms with Gasteiger partial charge in [-0.15, -0.1) is 0 Å². The molecule has 2 aromatic heterocycles. The molecule has 1 aliphatic heterocycles. The number of ether oxygens (including phenoxy) is 1. The Bertz CT molecular complexity index is 739. The topological polar surface area (TPSA) is 78.5 Å². The summed E-state index contributed by atoms with van der Waals surface area (Å²) in [6.07, 6.45) is 7.75. The van der Waals surface area contributed by atoms with Gasteiger partial charge in [0.15, 0.2) is 0 Å². The average Bonchev–Trinajstić information content (AvgIpc) is 2.68. The van der Waals surface area contributed by atoms with Crippen molar-refractivity contribution >= 4 is 0 Å². The Morgan fingerprint density at radius 2 is 2.04 bits per heavy atom. The number of aromatic amines is 1. The summed E-state index contributed by atoms with van der Waals surface area (Å²) in [5, 5.41) is 8.92. The molecule has 0 radical (unpaired) electrons. The van der Waals surface area contributed by atoms with Gasteiger partial charge in [-0.2, -0.15) is 0 Å². The van der Waals surface area contributed by atoms with Gasteiger partial charge in [0.1, 0.15) is 6.61 Å². The lowest BCUT2D eigenvalue weighted by atomic mass is 9.90. The van der Waals surface area contributed by atoms with Gasteiger partial charge in [-0.3, -0.25) is 9.69 Å². The number of likely N-dealkylation sites (tertiary alicyclic amines) is 1. The molecule has 2 aromatic rings. The van der Waals surface area contributed by atoms with Crippen molar-refractivity contribution in [2.45, 2.75) is 32.2 Å². The molecule has 3 heterocycles. The van der Waals surface area contributed by atoms with Crippen molar-refractivity contribution in [1.82, 2.24) is 14.9 Å². The van der Waals surface area contributed by atoms with Gasteiger partial charge in [-0.1, -0.05) is 12.1 Å². The molecule has 0 unspecified atom stereocenters. The van der Waals surface area contributed by atoms with Crippen LogP contribution < -0.4 is 10.3 Å². The van der Waals surface area contributed by atoms with Gasteiger partial charge >= 0.3 is 0 Å². The first-order chi connectivity index (χ1) is 12.8. The Kier molecular flexibility index (Phi) is 6.80. The number of nitrogens with one attached hydrogen (secondary N) is 1. The van der Waals surface area contributed by atoms with Crippen LogP contribution in [0.1, 0.15) is 30.4 Å². The Hall–Kier alpha value is -2.18. The standard InChI is InChI=1S/C20H27N3O3/c24-13-14-26-20-17(3-1-10-22-20)6-5-16-7-11-23(12-8-16)15-18-4-2-9-21-19(18)25/h1-4,9-10,16,24H,5-8,11-15H2,(H,21,25). The number of piperidine rings is 1. The molecule has 0 saturated carbocycles. The highest BCUT2D eigenvalue weighted by molar-refractivity contribution is 5.25. The monoisotopic (exact) mass is 357 g/mol. The minimum atomic E-state index is -0.00127. The van der Waals surface area contributed by atoms with E-state index >= 15 is 0 Å². The summed E-state index contributed by atoms with van der Waals surface area (Å²) in [5.41, 5.74) is 1.97. The van der Waals surface area contributed by atoms with Crippen molar-refractivity contribution in [3.05, 3.63) is 58.1 Å². The Morgan fingerprint density at radius 1 is 1.23 bits per heavy atom. The van der Waals surface area contributed by atoms with Crippen molar-refractivity contribution < 1.29 is 9.84 Å². The first-order valence-electron chi connectivity index (χ1n) is 9.32. The first-order valence-corrected chi connectivity index (χ1v) is 9.32. The summed E-state index contributed by atoms with van der Waals surface area (Å²) in [6, 6.07) is 7.77. The molecule has 1 aliphatic rings. The van der Waals surface area contributed by atoms with Gasteiger partial charge < -0.3 is 14.8 Å². The van der Waals surface area contributed by atoms with Crippen LogP contribution in [0.2, 0.25) is 0 Å². The Morgan fingerprint density at radius 3 is 2.81 bits per heavy atom. The molecule has 1 saturated heterocycles. The van der Waals surface area contributed by atoms with Crippen LogP contribution in [0, 0.1) is 5.92 Å². The van der Waals surface area contributed by atoms with Crippen molar-refractivity contribution in [2.24, 2.45) is 5.92 Å².